The first-order valence-electron chi connectivity index (χ1n) is 11.4. The third kappa shape index (κ3) is 4.22. The zero-order valence-corrected chi connectivity index (χ0v) is 18.8. The summed E-state index contributed by atoms with van der Waals surface area (Å²) in [5, 5.41) is 7.18. The summed E-state index contributed by atoms with van der Waals surface area (Å²) in [6, 6.07) is 15.0. The first-order valence-corrected chi connectivity index (χ1v) is 11.4. The molecule has 0 aliphatic carbocycles. The standard InChI is InChI=1S/C25H26F3N5O/c1-17-7-9-18(10-8-17)21-15-22(25(26,27)28)33-23(30-21)20(16-29-33)24(34)32-13-11-31(12-14-32)19-5-3-2-4-6-19/h2-10,16,21-22,30H,11-15H2,1H3/t21-,22+/m0/s1. The lowest BCUT2D eigenvalue weighted by molar-refractivity contribution is -0.173. The van der Waals surface area contributed by atoms with Crippen molar-refractivity contribution in [1.82, 2.24) is 14.7 Å². The van der Waals surface area contributed by atoms with E-state index in [0.29, 0.717) is 26.2 Å². The van der Waals surface area contributed by atoms with Gasteiger partial charge in [-0.05, 0) is 24.6 Å². The van der Waals surface area contributed by atoms with E-state index in [1.165, 1.54) is 6.20 Å². The monoisotopic (exact) mass is 469 g/mol. The molecule has 0 unspecified atom stereocenters. The van der Waals surface area contributed by atoms with Crippen molar-refractivity contribution in [2.24, 2.45) is 0 Å². The van der Waals surface area contributed by atoms with Crippen LogP contribution in [-0.4, -0.2) is 52.9 Å². The molecule has 0 bridgehead atoms. The molecule has 1 fully saturated rings. The van der Waals surface area contributed by atoms with Gasteiger partial charge in [-0.15, -0.1) is 0 Å². The zero-order valence-electron chi connectivity index (χ0n) is 18.8. The number of hydrogen-bond acceptors (Lipinski definition) is 4. The lowest BCUT2D eigenvalue weighted by Crippen LogP contribution is -2.49. The topological polar surface area (TPSA) is 53.4 Å². The fourth-order valence-corrected chi connectivity index (χ4v) is 4.71. The van der Waals surface area contributed by atoms with E-state index >= 15 is 0 Å². The average Bonchev–Trinajstić information content (AvgIpc) is 3.27. The second kappa shape index (κ2) is 8.70. The molecule has 0 saturated carbocycles. The van der Waals surface area contributed by atoms with E-state index in [0.717, 1.165) is 21.5 Å². The fourth-order valence-electron chi connectivity index (χ4n) is 4.71. The van der Waals surface area contributed by atoms with Crippen molar-refractivity contribution >= 4 is 17.4 Å². The maximum Gasteiger partial charge on any atom is 0.410 e. The molecule has 1 aromatic heterocycles. The zero-order chi connectivity index (χ0) is 23.9. The highest BCUT2D eigenvalue weighted by atomic mass is 19.4. The normalized spacial score (nSPS) is 20.6. The first kappa shape index (κ1) is 22.3. The average molecular weight is 470 g/mol. The molecule has 1 N–H and O–H groups in total. The van der Waals surface area contributed by atoms with E-state index in [4.69, 9.17) is 0 Å². The van der Waals surface area contributed by atoms with Crippen LogP contribution in [0.1, 0.15) is 40.0 Å². The van der Waals surface area contributed by atoms with E-state index in [1.807, 2.05) is 61.5 Å². The van der Waals surface area contributed by atoms with Crippen LogP contribution >= 0.6 is 0 Å². The fraction of sp³-hybridized carbons (Fsp3) is 0.360. The highest BCUT2D eigenvalue weighted by Gasteiger charge is 2.47. The van der Waals surface area contributed by atoms with E-state index in [9.17, 15) is 18.0 Å². The van der Waals surface area contributed by atoms with Gasteiger partial charge >= 0.3 is 6.18 Å². The van der Waals surface area contributed by atoms with Crippen molar-refractivity contribution in [3.05, 3.63) is 77.5 Å². The molecular weight excluding hydrogens is 443 g/mol. The van der Waals surface area contributed by atoms with Crippen LogP contribution in [0.4, 0.5) is 24.7 Å². The van der Waals surface area contributed by atoms with E-state index in [2.05, 4.69) is 15.3 Å². The molecule has 2 aromatic carbocycles. The van der Waals surface area contributed by atoms with Crippen molar-refractivity contribution in [1.29, 1.82) is 0 Å². The van der Waals surface area contributed by atoms with Crippen LogP contribution in [0.25, 0.3) is 0 Å². The van der Waals surface area contributed by atoms with Crippen molar-refractivity contribution in [2.75, 3.05) is 36.4 Å². The summed E-state index contributed by atoms with van der Waals surface area (Å²) in [4.78, 5) is 17.2. The lowest BCUT2D eigenvalue weighted by atomic mass is 9.96. The molecular formula is C25H26F3N5O. The third-order valence-electron chi connectivity index (χ3n) is 6.64. The summed E-state index contributed by atoms with van der Waals surface area (Å²) < 4.78 is 42.8. The number of para-hydroxylation sites is 1. The molecule has 0 radical (unpaired) electrons. The molecule has 2 atom stereocenters. The summed E-state index contributed by atoms with van der Waals surface area (Å²) >= 11 is 0. The molecule has 6 nitrogen and oxygen atoms in total. The van der Waals surface area contributed by atoms with Gasteiger partial charge in [-0.3, -0.25) is 4.79 Å². The number of nitrogens with zero attached hydrogens (tertiary/aromatic N) is 4. The molecule has 2 aliphatic heterocycles. The predicted molar refractivity (Wildman–Crippen MR) is 124 cm³/mol. The Hall–Kier alpha value is -3.49. The number of rotatable bonds is 3. The summed E-state index contributed by atoms with van der Waals surface area (Å²) in [5.41, 5.74) is 3.05. The van der Waals surface area contributed by atoms with Gasteiger partial charge in [0.05, 0.1) is 12.2 Å². The Morgan fingerprint density at radius 2 is 1.68 bits per heavy atom. The number of anilines is 2. The molecule has 2 aliphatic rings. The SMILES string of the molecule is Cc1ccc([C@@H]2C[C@H](C(F)(F)F)n3ncc(C(=O)N4CCN(c5ccccc5)CC4)c3N2)cc1. The number of aryl methyl sites for hydroxylation is 1. The number of halogens is 3. The number of benzene rings is 2. The van der Waals surface area contributed by atoms with Gasteiger partial charge in [-0.1, -0.05) is 48.0 Å². The number of amides is 1. The number of piperazine rings is 1. The van der Waals surface area contributed by atoms with Crippen LogP contribution in [0.5, 0.6) is 0 Å². The molecule has 0 spiro atoms. The molecule has 9 heteroatoms. The smallest absolute Gasteiger partial charge is 0.368 e. The Bertz CT molecular complexity index is 1150. The number of carbonyl (C=O) groups excluding carboxylic acids is 1. The summed E-state index contributed by atoms with van der Waals surface area (Å²) in [5.74, 6) is -0.165. The third-order valence-corrected chi connectivity index (χ3v) is 6.64. The first-order chi connectivity index (χ1) is 16.3. The lowest BCUT2D eigenvalue weighted by Gasteiger charge is -2.37. The number of hydrogen-bond donors (Lipinski definition) is 1. The van der Waals surface area contributed by atoms with E-state index in [1.54, 1.807) is 4.90 Å². The van der Waals surface area contributed by atoms with Crippen LogP contribution < -0.4 is 10.2 Å². The number of aromatic nitrogens is 2. The van der Waals surface area contributed by atoms with Crippen LogP contribution in [-0.2, 0) is 0 Å². The van der Waals surface area contributed by atoms with Crippen molar-refractivity contribution in [2.45, 2.75) is 31.6 Å². The molecule has 3 heterocycles. The molecule has 178 valence electrons. The van der Waals surface area contributed by atoms with Crippen LogP contribution in [0.3, 0.4) is 0 Å². The maximum atomic E-state index is 14.0. The number of fused-ring (bicyclic) bond motifs is 1. The maximum absolute atomic E-state index is 14.0. The van der Waals surface area contributed by atoms with E-state index in [-0.39, 0.29) is 23.7 Å². The Balaban J connectivity index is 1.39. The quantitative estimate of drug-likeness (QED) is 0.598. The van der Waals surface area contributed by atoms with Gasteiger partial charge in [0.15, 0.2) is 6.04 Å². The minimum Gasteiger partial charge on any atom is -0.368 e. The van der Waals surface area contributed by atoms with Crippen molar-refractivity contribution in [3.8, 4) is 0 Å². The number of alkyl halides is 3. The predicted octanol–water partition coefficient (Wildman–Crippen LogP) is 4.81. The Morgan fingerprint density at radius 3 is 2.32 bits per heavy atom. The van der Waals surface area contributed by atoms with Gasteiger partial charge in [0.2, 0.25) is 0 Å². The summed E-state index contributed by atoms with van der Waals surface area (Å²) in [6.07, 6.45) is -3.40. The van der Waals surface area contributed by atoms with Crippen LogP contribution in [0.2, 0.25) is 0 Å². The van der Waals surface area contributed by atoms with Crippen molar-refractivity contribution < 1.29 is 18.0 Å². The largest absolute Gasteiger partial charge is 0.410 e. The Labute approximate surface area is 196 Å². The van der Waals surface area contributed by atoms with E-state index < -0.39 is 18.3 Å². The van der Waals surface area contributed by atoms with Gasteiger partial charge in [-0.2, -0.15) is 18.3 Å². The summed E-state index contributed by atoms with van der Waals surface area (Å²) in [6.45, 7) is 4.22. The van der Waals surface area contributed by atoms with Gasteiger partial charge in [0.25, 0.3) is 5.91 Å². The number of nitrogens with one attached hydrogen (secondary N) is 1. The number of carbonyl (C=O) groups is 1. The molecule has 1 saturated heterocycles. The minimum atomic E-state index is -4.48. The van der Waals surface area contributed by atoms with Gasteiger partial charge in [0.1, 0.15) is 11.4 Å². The second-order valence-electron chi connectivity index (χ2n) is 8.87. The minimum absolute atomic E-state index is 0.134. The molecule has 34 heavy (non-hydrogen) atoms. The molecule has 5 rings (SSSR count). The highest BCUT2D eigenvalue weighted by Crippen LogP contribution is 2.44. The van der Waals surface area contributed by atoms with Crippen LogP contribution in [0.15, 0.2) is 60.8 Å². The summed E-state index contributed by atoms with van der Waals surface area (Å²) in [7, 11) is 0. The molecule has 1 amide bonds. The molecule has 3 aromatic rings. The van der Waals surface area contributed by atoms with Gasteiger partial charge < -0.3 is 15.1 Å². The highest BCUT2D eigenvalue weighted by molar-refractivity contribution is 5.99. The Morgan fingerprint density at radius 1 is 1.00 bits per heavy atom. The van der Waals surface area contributed by atoms with Gasteiger partial charge in [-0.25, -0.2) is 4.68 Å². The van der Waals surface area contributed by atoms with Crippen molar-refractivity contribution in [3.63, 3.8) is 0 Å². The van der Waals surface area contributed by atoms with Crippen LogP contribution in [0, 0.1) is 6.92 Å². The van der Waals surface area contributed by atoms with Gasteiger partial charge in [0, 0.05) is 38.3 Å². The second-order valence-corrected chi connectivity index (χ2v) is 8.87. The Kier molecular flexibility index (Phi) is 5.71.